The number of carbonyl (C=O) groups is 4. The van der Waals surface area contributed by atoms with E-state index in [1.807, 2.05) is 0 Å². The highest BCUT2D eigenvalue weighted by atomic mass is 16.6. The highest BCUT2D eigenvalue weighted by Gasteiger charge is 2.30. The van der Waals surface area contributed by atoms with Crippen LogP contribution < -0.4 is 20.1 Å². The Morgan fingerprint density at radius 3 is 1.23 bits per heavy atom. The van der Waals surface area contributed by atoms with E-state index in [0.29, 0.717) is 11.1 Å². The fourth-order valence-electron chi connectivity index (χ4n) is 5.01. The lowest BCUT2D eigenvalue weighted by Gasteiger charge is -2.31. The van der Waals surface area contributed by atoms with Gasteiger partial charge < -0.3 is 30.3 Å². The van der Waals surface area contributed by atoms with Crippen LogP contribution in [0, 0.1) is 20.2 Å². The second-order valence-electron chi connectivity index (χ2n) is 12.0. The number of nitro groups is 2. The minimum atomic E-state index is -1.31. The van der Waals surface area contributed by atoms with Crippen LogP contribution in [0.25, 0.3) is 0 Å². The number of carboxylic acids is 2. The molecule has 0 heterocycles. The quantitative estimate of drug-likeness (QED) is 0.0567. The maximum Gasteiger partial charge on any atom is 0.331 e. The summed E-state index contributed by atoms with van der Waals surface area (Å²) >= 11 is 0. The van der Waals surface area contributed by atoms with Gasteiger partial charge >= 0.3 is 11.9 Å². The van der Waals surface area contributed by atoms with Crippen molar-refractivity contribution in [3.63, 3.8) is 0 Å². The predicted molar refractivity (Wildman–Crippen MR) is 191 cm³/mol. The highest BCUT2D eigenvalue weighted by Crippen LogP contribution is 2.43. The van der Waals surface area contributed by atoms with Gasteiger partial charge in [-0.15, -0.1) is 0 Å². The smallest absolute Gasteiger partial charge is 0.331 e. The van der Waals surface area contributed by atoms with Gasteiger partial charge in [0.15, 0.2) is 0 Å². The van der Waals surface area contributed by atoms with E-state index in [9.17, 15) is 49.6 Å². The molecule has 4 rings (SSSR count). The van der Waals surface area contributed by atoms with Crippen LogP contribution in [-0.2, 0) is 24.6 Å². The molecule has 0 aliphatic carbocycles. The van der Waals surface area contributed by atoms with Gasteiger partial charge in [-0.2, -0.15) is 0 Å². The minimum absolute atomic E-state index is 0.149. The van der Waals surface area contributed by atoms with Gasteiger partial charge in [-0.25, -0.2) is 9.59 Å². The van der Waals surface area contributed by atoms with Crippen molar-refractivity contribution in [2.75, 3.05) is 10.6 Å². The van der Waals surface area contributed by atoms with Gasteiger partial charge in [-0.3, -0.25) is 29.8 Å². The first-order valence-electron chi connectivity index (χ1n) is 15.5. The average molecular weight is 725 g/mol. The van der Waals surface area contributed by atoms with E-state index in [-0.39, 0.29) is 56.9 Å². The van der Waals surface area contributed by atoms with Gasteiger partial charge in [-0.1, -0.05) is 26.0 Å². The number of benzene rings is 4. The lowest BCUT2D eigenvalue weighted by Crippen LogP contribution is -2.25. The molecular weight excluding hydrogens is 692 g/mol. The number of non-ortho nitro benzene ring substituents is 2. The molecule has 53 heavy (non-hydrogen) atoms. The molecule has 0 saturated carbocycles. The highest BCUT2D eigenvalue weighted by molar-refractivity contribution is 6.06. The fraction of sp³-hybridized carbons (Fsp3) is 0.135. The van der Waals surface area contributed by atoms with Crippen molar-refractivity contribution in [1.82, 2.24) is 0 Å². The lowest BCUT2D eigenvalue weighted by molar-refractivity contribution is -0.385. The van der Waals surface area contributed by atoms with E-state index in [1.54, 1.807) is 38.1 Å². The summed E-state index contributed by atoms with van der Waals surface area (Å²) in [5.41, 5.74) is -0.578. The number of rotatable bonds is 14. The van der Waals surface area contributed by atoms with Gasteiger partial charge in [0.25, 0.3) is 11.4 Å². The molecule has 4 aromatic rings. The Morgan fingerprint density at radius 2 is 0.925 bits per heavy atom. The number of carboxylic acid groups (broad SMARTS) is 2. The van der Waals surface area contributed by atoms with Crippen LogP contribution in [-0.4, -0.2) is 43.8 Å². The van der Waals surface area contributed by atoms with Crippen LogP contribution in [0.4, 0.5) is 22.7 Å². The van der Waals surface area contributed by atoms with Crippen LogP contribution >= 0.6 is 0 Å². The first kappa shape index (κ1) is 38.4. The topological polar surface area (TPSA) is 238 Å². The molecule has 4 aromatic carbocycles. The second kappa shape index (κ2) is 16.1. The molecule has 0 aromatic heterocycles. The minimum Gasteiger partial charge on any atom is -0.478 e. The molecule has 0 spiro atoms. The van der Waals surface area contributed by atoms with Crippen LogP contribution in [0.1, 0.15) is 38.8 Å². The third-order valence-corrected chi connectivity index (χ3v) is 7.78. The van der Waals surface area contributed by atoms with Crippen LogP contribution in [0.5, 0.6) is 23.0 Å². The number of anilines is 2. The van der Waals surface area contributed by atoms with Crippen molar-refractivity contribution < 1.29 is 48.7 Å². The van der Waals surface area contributed by atoms with Crippen molar-refractivity contribution in [3.05, 3.63) is 140 Å². The van der Waals surface area contributed by atoms with E-state index in [4.69, 9.17) is 9.47 Å². The summed E-state index contributed by atoms with van der Waals surface area (Å²) in [5.74, 6) is -3.24. The van der Waals surface area contributed by atoms with Crippen LogP contribution in [0.3, 0.4) is 0 Å². The Morgan fingerprint density at radius 1 is 0.604 bits per heavy atom. The molecule has 0 bridgehead atoms. The maximum atomic E-state index is 13.0. The molecule has 16 nitrogen and oxygen atoms in total. The Kier molecular flexibility index (Phi) is 11.7. The number of hydrogen-bond donors (Lipinski definition) is 4. The van der Waals surface area contributed by atoms with Gasteiger partial charge in [0, 0.05) is 76.5 Å². The molecule has 0 radical (unpaired) electrons. The Labute approximate surface area is 301 Å². The van der Waals surface area contributed by atoms with Gasteiger partial charge in [0.1, 0.15) is 23.0 Å². The second-order valence-corrected chi connectivity index (χ2v) is 12.0. The Bertz CT molecular complexity index is 2020. The summed E-state index contributed by atoms with van der Waals surface area (Å²) in [6, 6.07) is 20.0. The lowest BCUT2D eigenvalue weighted by atomic mass is 9.76. The molecule has 0 unspecified atom stereocenters. The van der Waals surface area contributed by atoms with Crippen molar-refractivity contribution in [1.29, 1.82) is 0 Å². The van der Waals surface area contributed by atoms with E-state index >= 15 is 0 Å². The summed E-state index contributed by atoms with van der Waals surface area (Å²) < 4.78 is 11.8. The number of hydrogen-bond acceptors (Lipinski definition) is 10. The molecular formula is C37H32N4O12. The van der Waals surface area contributed by atoms with E-state index < -0.39 is 39.0 Å². The third-order valence-electron chi connectivity index (χ3n) is 7.78. The zero-order chi connectivity index (χ0) is 39.0. The molecule has 0 atom stereocenters. The standard InChI is InChI=1S/C37H32N4O12/c1-21(35(44)45)17-33(42)38-31-19-27(52-25-9-5-23(6-10-25)40(48)49)13-15-29(31)37(3,4)30-16-14-28(53-26-11-7-24(8-12-26)41(50)51)20-32(30)39-34(43)18-22(2)36(46)47/h5-20H,1-4H3,(H,38,42)(H,39,43)(H,44,45)(H,46,47). The molecule has 16 heteroatoms. The monoisotopic (exact) mass is 724 g/mol. The van der Waals surface area contributed by atoms with Crippen LogP contribution in [0.2, 0.25) is 0 Å². The van der Waals surface area contributed by atoms with E-state index in [2.05, 4.69) is 10.6 Å². The predicted octanol–water partition coefficient (Wildman–Crippen LogP) is 7.35. The van der Waals surface area contributed by atoms with Crippen molar-refractivity contribution in [2.45, 2.75) is 33.1 Å². The zero-order valence-corrected chi connectivity index (χ0v) is 28.6. The summed E-state index contributed by atoms with van der Waals surface area (Å²) in [6.07, 6.45) is 1.80. The zero-order valence-electron chi connectivity index (χ0n) is 28.6. The Balaban J connectivity index is 1.81. The molecule has 0 aliphatic rings. The number of aliphatic carboxylic acids is 2. The maximum absolute atomic E-state index is 13.0. The van der Waals surface area contributed by atoms with E-state index in [1.165, 1.54) is 74.5 Å². The average Bonchev–Trinajstić information content (AvgIpc) is 3.08. The third kappa shape index (κ3) is 9.88. The molecule has 4 N–H and O–H groups in total. The normalized spacial score (nSPS) is 11.6. The summed E-state index contributed by atoms with van der Waals surface area (Å²) in [7, 11) is 0. The molecule has 0 saturated heterocycles. The Hall–Kier alpha value is -7.36. The summed E-state index contributed by atoms with van der Waals surface area (Å²) in [5, 5.41) is 46.2. The first-order chi connectivity index (χ1) is 24.9. The largest absolute Gasteiger partial charge is 0.478 e. The molecule has 0 aliphatic heterocycles. The van der Waals surface area contributed by atoms with Gasteiger partial charge in [0.05, 0.1) is 9.85 Å². The fourth-order valence-corrected chi connectivity index (χ4v) is 5.01. The van der Waals surface area contributed by atoms with Crippen molar-refractivity contribution in [3.8, 4) is 23.0 Å². The number of ether oxygens (including phenoxy) is 2. The van der Waals surface area contributed by atoms with Crippen LogP contribution in [0.15, 0.2) is 108 Å². The summed E-state index contributed by atoms with van der Waals surface area (Å²) in [6.45, 7) is 6.04. The first-order valence-corrected chi connectivity index (χ1v) is 15.5. The number of carbonyl (C=O) groups excluding carboxylic acids is 2. The number of nitro benzene ring substituents is 2. The molecule has 2 amide bonds. The number of nitrogens with one attached hydrogen (secondary N) is 2. The van der Waals surface area contributed by atoms with Gasteiger partial charge in [-0.05, 0) is 61.4 Å². The van der Waals surface area contributed by atoms with Crippen molar-refractivity contribution in [2.24, 2.45) is 0 Å². The summed E-state index contributed by atoms with van der Waals surface area (Å²) in [4.78, 5) is 70.0. The number of nitrogens with zero attached hydrogens (tertiary/aromatic N) is 2. The SMILES string of the molecule is CC(=CC(=O)Nc1cc(Oc2ccc([N+](=O)[O-])cc2)ccc1C(C)(C)c1ccc(Oc2ccc([N+](=O)[O-])cc2)cc1NC(=O)C=C(C)C(=O)O)C(=O)O. The van der Waals surface area contributed by atoms with Crippen molar-refractivity contribution >= 4 is 46.5 Å². The van der Waals surface area contributed by atoms with Gasteiger partial charge in [0.2, 0.25) is 11.8 Å². The van der Waals surface area contributed by atoms with E-state index in [0.717, 1.165) is 12.2 Å². The molecule has 272 valence electrons. The number of amides is 2. The molecule has 0 fully saturated rings.